The molecule has 0 aliphatic carbocycles. The normalized spacial score (nSPS) is 25.3. The summed E-state index contributed by atoms with van der Waals surface area (Å²) in [5.41, 5.74) is 1.00. The molecule has 2 unspecified atom stereocenters. The van der Waals surface area contributed by atoms with Crippen LogP contribution in [0.5, 0.6) is 0 Å². The molecule has 1 aliphatic heterocycles. The Morgan fingerprint density at radius 1 is 1.62 bits per heavy atom. The van der Waals surface area contributed by atoms with Crippen LogP contribution in [0.4, 0.5) is 0 Å². The molecule has 0 aromatic carbocycles. The monoisotopic (exact) mass is 240 g/mol. The fourth-order valence-corrected chi connectivity index (χ4v) is 2.38. The minimum absolute atomic E-state index is 0.206. The van der Waals surface area contributed by atoms with Crippen molar-refractivity contribution in [3.8, 4) is 0 Å². The van der Waals surface area contributed by atoms with E-state index in [0.29, 0.717) is 18.0 Å². The van der Waals surface area contributed by atoms with Gasteiger partial charge >= 0.3 is 5.97 Å². The van der Waals surface area contributed by atoms with Gasteiger partial charge in [-0.2, -0.15) is 0 Å². The lowest BCUT2D eigenvalue weighted by molar-refractivity contribution is -0.140. The van der Waals surface area contributed by atoms with Crippen LogP contribution in [0.25, 0.3) is 0 Å². The van der Waals surface area contributed by atoms with Crippen molar-refractivity contribution in [2.45, 2.75) is 24.8 Å². The number of hydrogen-bond donors (Lipinski definition) is 2. The number of piperidine rings is 1. The molecule has 0 saturated carbocycles. The molecule has 1 fully saturated rings. The van der Waals surface area contributed by atoms with Crippen LogP contribution in [-0.4, -0.2) is 28.6 Å². The Labute approximate surface area is 98.6 Å². The fraction of sp³-hybridized carbons (Fsp3) is 0.455. The van der Waals surface area contributed by atoms with Gasteiger partial charge in [-0.05, 0) is 36.9 Å². The topological polar surface area (TPSA) is 62.2 Å². The third-order valence-electron chi connectivity index (χ3n) is 2.95. The van der Waals surface area contributed by atoms with E-state index in [1.807, 2.05) is 6.07 Å². The lowest BCUT2D eigenvalue weighted by Crippen LogP contribution is -2.42. The molecule has 0 radical (unpaired) electrons. The van der Waals surface area contributed by atoms with Crippen molar-refractivity contribution in [3.05, 3.63) is 29.0 Å². The highest BCUT2D eigenvalue weighted by Gasteiger charge is 2.28. The van der Waals surface area contributed by atoms with E-state index in [1.165, 1.54) is 0 Å². The number of hydrogen-bond acceptors (Lipinski definition) is 3. The molecule has 2 N–H and O–H groups in total. The van der Waals surface area contributed by atoms with Crippen LogP contribution in [0.2, 0.25) is 5.02 Å². The standard InChI is InChI=1S/C11H13ClN2O2/c12-9-6-13-3-2-8(9)7-1-4-14-10(5-7)11(15)16/h2-3,6-7,10,14H,1,4-5H2,(H,15,16). The maximum absolute atomic E-state index is 10.9. The van der Waals surface area contributed by atoms with Crippen LogP contribution in [-0.2, 0) is 4.79 Å². The summed E-state index contributed by atoms with van der Waals surface area (Å²) in [5, 5.41) is 12.6. The molecule has 1 aromatic heterocycles. The second-order valence-corrected chi connectivity index (χ2v) is 4.37. The Morgan fingerprint density at radius 2 is 2.44 bits per heavy atom. The third kappa shape index (κ3) is 2.33. The molecule has 2 atom stereocenters. The minimum Gasteiger partial charge on any atom is -0.480 e. The van der Waals surface area contributed by atoms with Crippen molar-refractivity contribution in [3.63, 3.8) is 0 Å². The summed E-state index contributed by atoms with van der Waals surface area (Å²) in [4.78, 5) is 14.8. The molecule has 0 bridgehead atoms. The van der Waals surface area contributed by atoms with E-state index in [2.05, 4.69) is 10.3 Å². The van der Waals surface area contributed by atoms with Crippen LogP contribution in [0.1, 0.15) is 24.3 Å². The van der Waals surface area contributed by atoms with Gasteiger partial charge in [-0.15, -0.1) is 0 Å². The van der Waals surface area contributed by atoms with Crippen LogP contribution < -0.4 is 5.32 Å². The molecule has 86 valence electrons. The van der Waals surface area contributed by atoms with Gasteiger partial charge in [0.05, 0.1) is 5.02 Å². The summed E-state index contributed by atoms with van der Waals surface area (Å²) in [7, 11) is 0. The quantitative estimate of drug-likeness (QED) is 0.825. The molecular weight excluding hydrogens is 228 g/mol. The number of aliphatic carboxylic acids is 1. The molecule has 2 rings (SSSR count). The number of nitrogens with one attached hydrogen (secondary N) is 1. The van der Waals surface area contributed by atoms with Crippen LogP contribution in [0.15, 0.2) is 18.5 Å². The highest BCUT2D eigenvalue weighted by molar-refractivity contribution is 6.31. The van der Waals surface area contributed by atoms with E-state index in [4.69, 9.17) is 16.7 Å². The van der Waals surface area contributed by atoms with Gasteiger partial charge in [0.15, 0.2) is 0 Å². The Balaban J connectivity index is 2.16. The Hall–Kier alpha value is -1.13. The molecule has 0 spiro atoms. The molecule has 1 saturated heterocycles. The SMILES string of the molecule is O=C(O)C1CC(c2ccncc2Cl)CCN1. The second kappa shape index (κ2) is 4.80. The number of carboxylic acids is 1. The van der Waals surface area contributed by atoms with E-state index < -0.39 is 12.0 Å². The molecule has 0 amide bonds. The van der Waals surface area contributed by atoms with Gasteiger partial charge in [0.25, 0.3) is 0 Å². The lowest BCUT2D eigenvalue weighted by Gasteiger charge is -2.28. The van der Waals surface area contributed by atoms with E-state index in [-0.39, 0.29) is 5.92 Å². The first kappa shape index (κ1) is 11.4. The van der Waals surface area contributed by atoms with Crippen molar-refractivity contribution < 1.29 is 9.90 Å². The predicted molar refractivity (Wildman–Crippen MR) is 60.6 cm³/mol. The van der Waals surface area contributed by atoms with Gasteiger partial charge in [-0.25, -0.2) is 0 Å². The van der Waals surface area contributed by atoms with E-state index in [0.717, 1.165) is 12.0 Å². The maximum Gasteiger partial charge on any atom is 0.320 e. The lowest BCUT2D eigenvalue weighted by atomic mass is 9.87. The summed E-state index contributed by atoms with van der Waals surface area (Å²) >= 11 is 6.05. The molecule has 2 heterocycles. The summed E-state index contributed by atoms with van der Waals surface area (Å²) in [6, 6.07) is 1.40. The number of carbonyl (C=O) groups is 1. The highest BCUT2D eigenvalue weighted by Crippen LogP contribution is 2.31. The van der Waals surface area contributed by atoms with Gasteiger partial charge < -0.3 is 10.4 Å². The number of rotatable bonds is 2. The van der Waals surface area contributed by atoms with Gasteiger partial charge in [0.1, 0.15) is 6.04 Å². The van der Waals surface area contributed by atoms with Crippen LogP contribution in [0, 0.1) is 0 Å². The Morgan fingerprint density at radius 3 is 3.12 bits per heavy atom. The summed E-state index contributed by atoms with van der Waals surface area (Å²) in [6.07, 6.45) is 4.79. The second-order valence-electron chi connectivity index (χ2n) is 3.96. The fourth-order valence-electron chi connectivity index (χ4n) is 2.11. The minimum atomic E-state index is -0.796. The average Bonchev–Trinajstić information content (AvgIpc) is 2.30. The molecule has 5 heteroatoms. The summed E-state index contributed by atoms with van der Waals surface area (Å²) < 4.78 is 0. The molecular formula is C11H13ClN2O2. The highest BCUT2D eigenvalue weighted by atomic mass is 35.5. The van der Waals surface area contributed by atoms with Crippen molar-refractivity contribution >= 4 is 17.6 Å². The number of carboxylic acid groups (broad SMARTS) is 1. The van der Waals surface area contributed by atoms with Gasteiger partial charge in [0.2, 0.25) is 0 Å². The number of aromatic nitrogens is 1. The zero-order valence-electron chi connectivity index (χ0n) is 8.69. The smallest absolute Gasteiger partial charge is 0.320 e. The molecule has 1 aromatic rings. The third-order valence-corrected chi connectivity index (χ3v) is 3.26. The van der Waals surface area contributed by atoms with Crippen LogP contribution in [0.3, 0.4) is 0 Å². The number of halogens is 1. The summed E-state index contributed by atoms with van der Waals surface area (Å²) in [5.74, 6) is -0.590. The van der Waals surface area contributed by atoms with Crippen molar-refractivity contribution in [1.29, 1.82) is 0 Å². The number of pyridine rings is 1. The first-order valence-electron chi connectivity index (χ1n) is 5.24. The van der Waals surface area contributed by atoms with Crippen molar-refractivity contribution in [2.75, 3.05) is 6.54 Å². The first-order valence-corrected chi connectivity index (χ1v) is 5.62. The Bertz CT molecular complexity index is 397. The van der Waals surface area contributed by atoms with Gasteiger partial charge in [0, 0.05) is 12.4 Å². The van der Waals surface area contributed by atoms with E-state index >= 15 is 0 Å². The predicted octanol–water partition coefficient (Wildman–Crippen LogP) is 1.66. The van der Waals surface area contributed by atoms with Crippen LogP contribution >= 0.6 is 11.6 Å². The molecule has 4 nitrogen and oxygen atoms in total. The maximum atomic E-state index is 10.9. The molecule has 1 aliphatic rings. The van der Waals surface area contributed by atoms with E-state index in [1.54, 1.807) is 12.4 Å². The largest absolute Gasteiger partial charge is 0.480 e. The molecule has 16 heavy (non-hydrogen) atoms. The summed E-state index contributed by atoms with van der Waals surface area (Å²) in [6.45, 7) is 0.709. The average molecular weight is 241 g/mol. The first-order chi connectivity index (χ1) is 7.68. The zero-order chi connectivity index (χ0) is 11.5. The number of nitrogens with zero attached hydrogens (tertiary/aromatic N) is 1. The van der Waals surface area contributed by atoms with E-state index in [9.17, 15) is 4.79 Å². The van der Waals surface area contributed by atoms with Gasteiger partial charge in [-0.3, -0.25) is 9.78 Å². The van der Waals surface area contributed by atoms with Crippen molar-refractivity contribution in [2.24, 2.45) is 0 Å². The van der Waals surface area contributed by atoms with Gasteiger partial charge in [-0.1, -0.05) is 11.6 Å². The Kier molecular flexibility index (Phi) is 3.41. The van der Waals surface area contributed by atoms with Crippen molar-refractivity contribution in [1.82, 2.24) is 10.3 Å². The zero-order valence-corrected chi connectivity index (χ0v) is 9.44.